The van der Waals surface area contributed by atoms with Crippen LogP contribution in [0, 0.1) is 0 Å². The van der Waals surface area contributed by atoms with Crippen molar-refractivity contribution in [3.05, 3.63) is 16.6 Å². The maximum Gasteiger partial charge on any atom is 0.340 e. The Kier molecular flexibility index (Phi) is 3.58. The van der Waals surface area contributed by atoms with Crippen LogP contribution in [-0.2, 0) is 20.9 Å². The second-order valence-corrected chi connectivity index (χ2v) is 3.08. The van der Waals surface area contributed by atoms with Gasteiger partial charge in [-0.3, -0.25) is 4.79 Å². The minimum atomic E-state index is -0.471. The lowest BCUT2D eigenvalue weighted by Crippen LogP contribution is -2.06. The van der Waals surface area contributed by atoms with Crippen LogP contribution in [0.5, 0.6) is 0 Å². The van der Waals surface area contributed by atoms with Gasteiger partial charge in [0.2, 0.25) is 0 Å². The van der Waals surface area contributed by atoms with E-state index in [9.17, 15) is 9.59 Å². The molecular formula is C8H9NO4S. The van der Waals surface area contributed by atoms with Crippen LogP contribution in [0.15, 0.2) is 5.38 Å². The summed E-state index contributed by atoms with van der Waals surface area (Å²) >= 11 is 1.12. The summed E-state index contributed by atoms with van der Waals surface area (Å²) in [6.45, 7) is 1.30. The Balaban J connectivity index is 2.72. The summed E-state index contributed by atoms with van der Waals surface area (Å²) in [6.07, 6.45) is 0. The Bertz CT molecular complexity index is 347. The molecule has 0 bridgehead atoms. The van der Waals surface area contributed by atoms with Gasteiger partial charge in [0.25, 0.3) is 0 Å². The van der Waals surface area contributed by atoms with Crippen LogP contribution in [0.25, 0.3) is 0 Å². The summed E-state index contributed by atoms with van der Waals surface area (Å²) in [4.78, 5) is 21.7. The third kappa shape index (κ3) is 2.53. The molecule has 0 saturated carbocycles. The molecule has 0 radical (unpaired) electrons. The van der Waals surface area contributed by atoms with E-state index in [0.717, 1.165) is 11.5 Å². The zero-order valence-corrected chi connectivity index (χ0v) is 8.59. The quantitative estimate of drug-likeness (QED) is 0.703. The molecule has 0 saturated heterocycles. The van der Waals surface area contributed by atoms with Crippen LogP contribution in [0.2, 0.25) is 0 Å². The van der Waals surface area contributed by atoms with Crippen LogP contribution in [0.4, 0.5) is 0 Å². The van der Waals surface area contributed by atoms with Crippen molar-refractivity contribution >= 4 is 23.5 Å². The molecule has 0 aliphatic carbocycles. The largest absolute Gasteiger partial charge is 0.465 e. The number of methoxy groups -OCH3 is 1. The third-order valence-corrected chi connectivity index (χ3v) is 2.13. The first kappa shape index (κ1) is 10.6. The number of esters is 2. The third-order valence-electron chi connectivity index (χ3n) is 1.46. The van der Waals surface area contributed by atoms with Crippen molar-refractivity contribution in [2.24, 2.45) is 0 Å². The van der Waals surface area contributed by atoms with Gasteiger partial charge in [0.05, 0.1) is 12.7 Å². The minimum Gasteiger partial charge on any atom is -0.465 e. The van der Waals surface area contributed by atoms with Gasteiger partial charge in [-0.2, -0.15) is 4.37 Å². The number of carbonyl (C=O) groups is 2. The van der Waals surface area contributed by atoms with Crippen molar-refractivity contribution in [2.75, 3.05) is 7.11 Å². The van der Waals surface area contributed by atoms with Crippen molar-refractivity contribution in [3.8, 4) is 0 Å². The molecule has 0 fully saturated rings. The summed E-state index contributed by atoms with van der Waals surface area (Å²) in [5.41, 5.74) is 0.774. The highest BCUT2D eigenvalue weighted by Gasteiger charge is 2.15. The number of hydrogen-bond donors (Lipinski definition) is 0. The fourth-order valence-electron chi connectivity index (χ4n) is 0.810. The van der Waals surface area contributed by atoms with E-state index in [-0.39, 0.29) is 6.61 Å². The van der Waals surface area contributed by atoms with Gasteiger partial charge in [-0.05, 0) is 11.5 Å². The second kappa shape index (κ2) is 4.71. The maximum atomic E-state index is 11.1. The molecule has 0 unspecified atom stereocenters. The Morgan fingerprint density at radius 1 is 1.57 bits per heavy atom. The zero-order chi connectivity index (χ0) is 10.6. The summed E-state index contributed by atoms with van der Waals surface area (Å²) in [5.74, 6) is -0.880. The van der Waals surface area contributed by atoms with Gasteiger partial charge in [0.1, 0.15) is 12.3 Å². The molecule has 0 aliphatic heterocycles. The Labute approximate surface area is 84.8 Å². The average Bonchev–Trinajstić information content (AvgIpc) is 2.61. The van der Waals surface area contributed by atoms with Crippen LogP contribution in [0.3, 0.4) is 0 Å². The van der Waals surface area contributed by atoms with Crippen LogP contribution in [0.1, 0.15) is 23.0 Å². The van der Waals surface area contributed by atoms with E-state index in [2.05, 4.69) is 9.11 Å². The number of hydrogen-bond acceptors (Lipinski definition) is 6. The lowest BCUT2D eigenvalue weighted by Gasteiger charge is -2.00. The summed E-state index contributed by atoms with van der Waals surface area (Å²) in [6, 6.07) is 0. The van der Waals surface area contributed by atoms with Gasteiger partial charge in [-0.15, -0.1) is 0 Å². The number of nitrogens with zero attached hydrogens (tertiary/aromatic N) is 1. The van der Waals surface area contributed by atoms with Crippen molar-refractivity contribution in [1.82, 2.24) is 4.37 Å². The van der Waals surface area contributed by atoms with Crippen molar-refractivity contribution in [2.45, 2.75) is 13.5 Å². The van der Waals surface area contributed by atoms with E-state index in [1.54, 1.807) is 5.38 Å². The molecule has 0 atom stereocenters. The van der Waals surface area contributed by atoms with Crippen molar-refractivity contribution < 1.29 is 19.1 Å². The highest BCUT2D eigenvalue weighted by molar-refractivity contribution is 7.03. The molecule has 1 rings (SSSR count). The predicted molar refractivity (Wildman–Crippen MR) is 48.9 cm³/mol. The molecule has 6 heteroatoms. The van der Waals surface area contributed by atoms with E-state index in [0.29, 0.717) is 11.3 Å². The average molecular weight is 215 g/mol. The topological polar surface area (TPSA) is 65.5 Å². The number of rotatable bonds is 3. The molecule has 1 aromatic heterocycles. The maximum absolute atomic E-state index is 11.1. The molecule has 0 aliphatic rings. The SMILES string of the molecule is COC(=O)c1csnc1COC(C)=O. The first-order valence-electron chi connectivity index (χ1n) is 3.80. The van der Waals surface area contributed by atoms with Gasteiger partial charge in [0, 0.05) is 12.3 Å². The second-order valence-electron chi connectivity index (χ2n) is 2.45. The summed E-state index contributed by atoms with van der Waals surface area (Å²) in [7, 11) is 1.29. The van der Waals surface area contributed by atoms with E-state index >= 15 is 0 Å². The normalized spacial score (nSPS) is 9.57. The molecule has 0 amide bonds. The first-order chi connectivity index (χ1) is 6.65. The van der Waals surface area contributed by atoms with Gasteiger partial charge in [-0.25, -0.2) is 4.79 Å². The van der Waals surface area contributed by atoms with Crippen molar-refractivity contribution in [1.29, 1.82) is 0 Å². The highest BCUT2D eigenvalue weighted by Crippen LogP contribution is 2.12. The molecule has 1 aromatic rings. The highest BCUT2D eigenvalue weighted by atomic mass is 32.1. The fraction of sp³-hybridized carbons (Fsp3) is 0.375. The molecule has 76 valence electrons. The molecule has 5 nitrogen and oxygen atoms in total. The molecule has 0 spiro atoms. The van der Waals surface area contributed by atoms with Crippen molar-refractivity contribution in [3.63, 3.8) is 0 Å². The monoisotopic (exact) mass is 215 g/mol. The fourth-order valence-corrected chi connectivity index (χ4v) is 1.48. The molecule has 14 heavy (non-hydrogen) atoms. The lowest BCUT2D eigenvalue weighted by molar-refractivity contribution is -0.142. The van der Waals surface area contributed by atoms with Gasteiger partial charge in [0.15, 0.2) is 0 Å². The zero-order valence-electron chi connectivity index (χ0n) is 7.77. The van der Waals surface area contributed by atoms with Gasteiger partial charge < -0.3 is 9.47 Å². The van der Waals surface area contributed by atoms with Crippen LogP contribution >= 0.6 is 11.5 Å². The summed E-state index contributed by atoms with van der Waals surface area (Å²) < 4.78 is 13.2. The smallest absolute Gasteiger partial charge is 0.340 e. The molecular weight excluding hydrogens is 206 g/mol. The van der Waals surface area contributed by atoms with Crippen LogP contribution < -0.4 is 0 Å². The van der Waals surface area contributed by atoms with E-state index < -0.39 is 11.9 Å². The van der Waals surface area contributed by atoms with Gasteiger partial charge in [-0.1, -0.05) is 0 Å². The minimum absolute atomic E-state index is 0.00324. The van der Waals surface area contributed by atoms with Gasteiger partial charge >= 0.3 is 11.9 Å². The standard InChI is InChI=1S/C8H9NO4S/c1-5(10)13-3-7-6(4-14-9-7)8(11)12-2/h4H,3H2,1-2H3. The van der Waals surface area contributed by atoms with E-state index in [1.807, 2.05) is 0 Å². The number of ether oxygens (including phenoxy) is 2. The lowest BCUT2D eigenvalue weighted by atomic mass is 10.2. The Morgan fingerprint density at radius 3 is 2.86 bits per heavy atom. The first-order valence-corrected chi connectivity index (χ1v) is 4.63. The number of aromatic nitrogens is 1. The molecule has 0 N–H and O–H groups in total. The predicted octanol–water partition coefficient (Wildman–Crippen LogP) is 0.993. The number of carbonyl (C=O) groups excluding carboxylic acids is 2. The summed E-state index contributed by atoms with van der Waals surface area (Å²) in [5, 5.41) is 1.56. The molecule has 1 heterocycles. The van der Waals surface area contributed by atoms with E-state index in [1.165, 1.54) is 14.0 Å². The Hall–Kier alpha value is -1.43. The molecule has 0 aromatic carbocycles. The van der Waals surface area contributed by atoms with E-state index in [4.69, 9.17) is 4.74 Å². The van der Waals surface area contributed by atoms with Crippen LogP contribution in [-0.4, -0.2) is 23.4 Å². The Morgan fingerprint density at radius 2 is 2.29 bits per heavy atom.